The molecule has 6 atom stereocenters. The van der Waals surface area contributed by atoms with Crippen LogP contribution in [-0.2, 0) is 9.30 Å². The van der Waals surface area contributed by atoms with Gasteiger partial charge in [0.15, 0.2) is 0 Å². The van der Waals surface area contributed by atoms with E-state index in [4.69, 9.17) is 4.74 Å². The van der Waals surface area contributed by atoms with E-state index in [0.29, 0.717) is 50.4 Å². The molecule has 4 aliphatic rings. The van der Waals surface area contributed by atoms with Gasteiger partial charge in [-0.1, -0.05) is 71.9 Å². The van der Waals surface area contributed by atoms with Gasteiger partial charge in [-0.3, -0.25) is 4.57 Å². The van der Waals surface area contributed by atoms with E-state index >= 15 is 4.57 Å². The first-order valence-electron chi connectivity index (χ1n) is 17.7. The highest BCUT2D eigenvalue weighted by Gasteiger charge is 2.63. The number of hydrogen-bond acceptors (Lipinski definition) is 4. The van der Waals surface area contributed by atoms with Gasteiger partial charge in [0, 0.05) is 45.3 Å². The van der Waals surface area contributed by atoms with Crippen molar-refractivity contribution in [3.05, 3.63) is 65.3 Å². The number of para-hydroxylation sites is 1. The summed E-state index contributed by atoms with van der Waals surface area (Å²) < 4.78 is 25.5. The summed E-state index contributed by atoms with van der Waals surface area (Å²) in [6.07, 6.45) is 14.8. The first kappa shape index (κ1) is 34.5. The lowest BCUT2D eigenvalue weighted by Crippen LogP contribution is -2.54. The fourth-order valence-electron chi connectivity index (χ4n) is 10.1. The molecule has 0 radical (unpaired) electrons. The summed E-state index contributed by atoms with van der Waals surface area (Å²) in [5.74, 6) is 2.85. The predicted octanol–water partition coefficient (Wildman–Crippen LogP) is 9.07. The monoisotopic (exact) mass is 637 g/mol. The molecule has 0 heterocycles. The molecule has 0 unspecified atom stereocenters. The molecule has 7 heteroatoms. The standard InChI is InChI=1S/C38H60N3O3P/c1-9-40(10-2)45(43,41(11-3)12-4)35(39(7)30-16-14-13-15-17-30)23-27-38(42)26-22-34-32-19-18-29-28-31(44-8)20-24-36(29,5)33(32)21-25-37(34,38)6/h13-18,23,28,32-34,42H,9-12,19-22,24-27H2,1-8H3/b35-23-/t32-,33+,34+,36+,37+,38+/m1/s1. The first-order valence-corrected chi connectivity index (χ1v) is 19.4. The Morgan fingerprint density at radius 2 is 1.60 bits per heavy atom. The average Bonchev–Trinajstić information content (AvgIpc) is 3.32. The van der Waals surface area contributed by atoms with E-state index in [9.17, 15) is 5.11 Å². The van der Waals surface area contributed by atoms with Crippen LogP contribution in [0.25, 0.3) is 0 Å². The molecule has 1 aromatic rings. The van der Waals surface area contributed by atoms with Crippen LogP contribution in [-0.4, -0.2) is 60.4 Å². The van der Waals surface area contributed by atoms with Crippen LogP contribution in [0.2, 0.25) is 0 Å². The second kappa shape index (κ2) is 13.3. The van der Waals surface area contributed by atoms with E-state index in [1.165, 1.54) is 5.57 Å². The number of nitrogens with zero attached hydrogens (tertiary/aromatic N) is 3. The lowest BCUT2D eigenvalue weighted by Gasteiger charge is -2.58. The Balaban J connectivity index is 1.51. The zero-order valence-electron chi connectivity index (χ0n) is 29.4. The maximum absolute atomic E-state index is 15.6. The van der Waals surface area contributed by atoms with E-state index in [0.717, 1.165) is 61.8 Å². The van der Waals surface area contributed by atoms with Gasteiger partial charge in [0.1, 0.15) is 5.44 Å². The molecule has 5 rings (SSSR count). The van der Waals surface area contributed by atoms with Crippen molar-refractivity contribution in [1.29, 1.82) is 0 Å². The Bertz CT molecular complexity index is 1320. The first-order chi connectivity index (χ1) is 21.5. The van der Waals surface area contributed by atoms with Crippen molar-refractivity contribution in [2.75, 3.05) is 45.2 Å². The minimum atomic E-state index is -3.15. The number of fused-ring (bicyclic) bond motifs is 5. The van der Waals surface area contributed by atoms with Crippen LogP contribution >= 0.6 is 7.44 Å². The number of benzene rings is 1. The molecule has 0 aromatic heterocycles. The average molecular weight is 638 g/mol. The van der Waals surface area contributed by atoms with E-state index in [2.05, 4.69) is 93.2 Å². The van der Waals surface area contributed by atoms with Gasteiger partial charge in [-0.05, 0) is 97.3 Å². The van der Waals surface area contributed by atoms with Crippen molar-refractivity contribution in [3.63, 3.8) is 0 Å². The minimum absolute atomic E-state index is 0.167. The van der Waals surface area contributed by atoms with Crippen molar-refractivity contribution in [2.24, 2.45) is 28.6 Å². The molecule has 0 spiro atoms. The molecule has 0 bridgehead atoms. The second-order valence-electron chi connectivity index (χ2n) is 14.5. The van der Waals surface area contributed by atoms with Crippen molar-refractivity contribution >= 4 is 13.1 Å². The highest BCUT2D eigenvalue weighted by molar-refractivity contribution is 7.63. The Morgan fingerprint density at radius 1 is 0.978 bits per heavy atom. The SMILES string of the molecule is CCN(CC)P(=O)(/C(=C\C[C@@]1(O)CC[C@H]2[C@@H]3CC=C4C=C(OC)CC[C@]4(C)[C@H]3CC[C@@]21C)N(C)c1ccccc1)N(CC)CC. The fraction of sp³-hybridized carbons (Fsp3) is 0.684. The van der Waals surface area contributed by atoms with Crippen LogP contribution in [0, 0.1) is 28.6 Å². The zero-order valence-corrected chi connectivity index (χ0v) is 30.3. The largest absolute Gasteiger partial charge is 0.501 e. The molecule has 250 valence electrons. The molecule has 2 fully saturated rings. The van der Waals surface area contributed by atoms with Crippen LogP contribution in [0.1, 0.15) is 92.9 Å². The summed E-state index contributed by atoms with van der Waals surface area (Å²) in [5, 5.41) is 12.8. The summed E-state index contributed by atoms with van der Waals surface area (Å²) in [6, 6.07) is 10.3. The molecule has 4 aliphatic carbocycles. The molecule has 45 heavy (non-hydrogen) atoms. The quantitative estimate of drug-likeness (QED) is 0.231. The van der Waals surface area contributed by atoms with Crippen LogP contribution in [0.4, 0.5) is 5.69 Å². The lowest BCUT2D eigenvalue weighted by molar-refractivity contribution is -0.120. The molecule has 1 N–H and O–H groups in total. The summed E-state index contributed by atoms with van der Waals surface area (Å²) in [6.45, 7) is 16.1. The second-order valence-corrected chi connectivity index (χ2v) is 17.2. The number of hydrogen-bond donors (Lipinski definition) is 1. The Kier molecular flexibility index (Phi) is 10.2. The van der Waals surface area contributed by atoms with Crippen molar-refractivity contribution in [1.82, 2.24) is 9.34 Å². The van der Waals surface area contributed by atoms with E-state index in [1.807, 2.05) is 18.2 Å². The number of rotatable bonds is 12. The highest BCUT2D eigenvalue weighted by Crippen LogP contribution is 2.68. The van der Waals surface area contributed by atoms with E-state index in [-0.39, 0.29) is 10.8 Å². The van der Waals surface area contributed by atoms with Gasteiger partial charge in [-0.25, -0.2) is 9.34 Å². The van der Waals surface area contributed by atoms with Crippen LogP contribution in [0.15, 0.2) is 65.3 Å². The summed E-state index contributed by atoms with van der Waals surface area (Å²) in [5.41, 5.74) is 2.52. The molecule has 0 amide bonds. The molecular weight excluding hydrogens is 577 g/mol. The Morgan fingerprint density at radius 3 is 2.20 bits per heavy atom. The van der Waals surface area contributed by atoms with Crippen molar-refractivity contribution in [3.8, 4) is 0 Å². The summed E-state index contributed by atoms with van der Waals surface area (Å²) in [7, 11) is 0.695. The van der Waals surface area contributed by atoms with Crippen LogP contribution < -0.4 is 4.90 Å². The third-order valence-electron chi connectivity index (χ3n) is 13.0. The van der Waals surface area contributed by atoms with Gasteiger partial charge in [0.25, 0.3) is 7.44 Å². The van der Waals surface area contributed by atoms with E-state index in [1.54, 1.807) is 7.11 Å². The van der Waals surface area contributed by atoms with E-state index < -0.39 is 13.0 Å². The van der Waals surface area contributed by atoms with Crippen LogP contribution in [0.3, 0.4) is 0 Å². The topological polar surface area (TPSA) is 56.3 Å². The molecule has 1 aromatic carbocycles. The smallest absolute Gasteiger partial charge is 0.261 e. The summed E-state index contributed by atoms with van der Waals surface area (Å²) in [4.78, 5) is 2.13. The Hall–Kier alpha value is -1.85. The van der Waals surface area contributed by atoms with Gasteiger partial charge in [-0.15, -0.1) is 0 Å². The third kappa shape index (κ3) is 5.60. The van der Waals surface area contributed by atoms with Crippen molar-refractivity contribution < 1.29 is 14.4 Å². The number of allylic oxidation sites excluding steroid dienone is 4. The maximum Gasteiger partial charge on any atom is 0.261 e. The number of ether oxygens (including phenoxy) is 1. The van der Waals surface area contributed by atoms with Gasteiger partial charge in [0.05, 0.1) is 18.5 Å². The zero-order chi connectivity index (χ0) is 32.6. The molecule has 0 aliphatic heterocycles. The van der Waals surface area contributed by atoms with Crippen molar-refractivity contribution in [2.45, 2.75) is 98.5 Å². The number of anilines is 1. The Labute approximate surface area is 274 Å². The molecule has 6 nitrogen and oxygen atoms in total. The lowest BCUT2D eigenvalue weighted by atomic mass is 9.47. The normalized spacial score (nSPS) is 33.3. The highest BCUT2D eigenvalue weighted by atomic mass is 31.2. The molecule has 0 saturated heterocycles. The van der Waals surface area contributed by atoms with Crippen LogP contribution in [0.5, 0.6) is 0 Å². The van der Waals surface area contributed by atoms with Gasteiger partial charge in [-0.2, -0.15) is 0 Å². The third-order valence-corrected chi connectivity index (χ3v) is 16.7. The fourth-order valence-corrected chi connectivity index (χ4v) is 13.4. The number of methoxy groups -OCH3 is 1. The van der Waals surface area contributed by atoms with Gasteiger partial charge < -0.3 is 14.7 Å². The molecule has 2 saturated carbocycles. The van der Waals surface area contributed by atoms with Gasteiger partial charge in [0.2, 0.25) is 0 Å². The number of aliphatic hydroxyl groups is 1. The minimum Gasteiger partial charge on any atom is -0.501 e. The maximum atomic E-state index is 15.6. The predicted molar refractivity (Wildman–Crippen MR) is 188 cm³/mol. The summed E-state index contributed by atoms with van der Waals surface area (Å²) >= 11 is 0. The molecular formula is C38H60N3O3P. The van der Waals surface area contributed by atoms with Gasteiger partial charge >= 0.3 is 0 Å².